The van der Waals surface area contributed by atoms with Crippen LogP contribution in [0.4, 0.5) is 4.39 Å². The van der Waals surface area contributed by atoms with E-state index in [-0.39, 0.29) is 5.02 Å². The highest BCUT2D eigenvalue weighted by Crippen LogP contribution is 2.25. The fourth-order valence-electron chi connectivity index (χ4n) is 2.51. The standard InChI is InChI=1S/C14H17ClFNO2/c1-9-4-5-17(13(6-9)14(18)19)8-10-2-3-11(15)12(16)7-10/h2-3,7,9,13H,4-6,8H2,1H3,(H,18,19). The second-order valence-electron chi connectivity index (χ2n) is 5.20. The Morgan fingerprint density at radius 1 is 1.58 bits per heavy atom. The second-order valence-corrected chi connectivity index (χ2v) is 5.61. The zero-order valence-corrected chi connectivity index (χ0v) is 11.5. The zero-order valence-electron chi connectivity index (χ0n) is 10.8. The Morgan fingerprint density at radius 3 is 2.95 bits per heavy atom. The van der Waals surface area contributed by atoms with E-state index < -0.39 is 17.8 Å². The highest BCUT2D eigenvalue weighted by Gasteiger charge is 2.31. The number of hydrogen-bond donors (Lipinski definition) is 1. The van der Waals surface area contributed by atoms with E-state index in [2.05, 4.69) is 6.92 Å². The van der Waals surface area contributed by atoms with Gasteiger partial charge in [0.2, 0.25) is 0 Å². The first-order chi connectivity index (χ1) is 8.97. The van der Waals surface area contributed by atoms with Crippen LogP contribution in [-0.2, 0) is 11.3 Å². The molecule has 104 valence electrons. The maximum absolute atomic E-state index is 13.4. The molecule has 1 N–H and O–H groups in total. The topological polar surface area (TPSA) is 40.5 Å². The quantitative estimate of drug-likeness (QED) is 0.927. The minimum atomic E-state index is -0.805. The van der Waals surface area contributed by atoms with Gasteiger partial charge < -0.3 is 5.11 Å². The molecule has 2 rings (SSSR count). The molecule has 2 atom stereocenters. The van der Waals surface area contributed by atoms with Gasteiger partial charge >= 0.3 is 5.97 Å². The number of likely N-dealkylation sites (tertiary alicyclic amines) is 1. The first-order valence-electron chi connectivity index (χ1n) is 6.38. The van der Waals surface area contributed by atoms with Gasteiger partial charge in [-0.3, -0.25) is 9.69 Å². The molecule has 3 nitrogen and oxygen atoms in total. The Bertz CT molecular complexity index is 481. The SMILES string of the molecule is CC1CCN(Cc2ccc(Cl)c(F)c2)C(C(=O)O)C1. The maximum atomic E-state index is 13.4. The summed E-state index contributed by atoms with van der Waals surface area (Å²) in [6.07, 6.45) is 1.62. The van der Waals surface area contributed by atoms with Gasteiger partial charge in [-0.05, 0) is 43.0 Å². The summed E-state index contributed by atoms with van der Waals surface area (Å²) in [5, 5.41) is 9.36. The van der Waals surface area contributed by atoms with Crippen LogP contribution in [0.3, 0.4) is 0 Å². The third-order valence-corrected chi connectivity index (χ3v) is 3.94. The largest absolute Gasteiger partial charge is 0.480 e. The van der Waals surface area contributed by atoms with Crippen molar-refractivity contribution in [2.75, 3.05) is 6.54 Å². The fourth-order valence-corrected chi connectivity index (χ4v) is 2.63. The van der Waals surface area contributed by atoms with Crippen molar-refractivity contribution in [1.82, 2.24) is 4.90 Å². The van der Waals surface area contributed by atoms with Gasteiger partial charge in [0.05, 0.1) is 5.02 Å². The normalized spacial score (nSPS) is 24.4. The Labute approximate surface area is 117 Å². The van der Waals surface area contributed by atoms with Crippen molar-refractivity contribution in [2.45, 2.75) is 32.4 Å². The lowest BCUT2D eigenvalue weighted by Gasteiger charge is -2.36. The summed E-state index contributed by atoms with van der Waals surface area (Å²) >= 11 is 5.64. The van der Waals surface area contributed by atoms with Crippen LogP contribution in [0.1, 0.15) is 25.3 Å². The molecule has 0 amide bonds. The first kappa shape index (κ1) is 14.3. The van der Waals surface area contributed by atoms with Crippen LogP contribution in [0.2, 0.25) is 5.02 Å². The van der Waals surface area contributed by atoms with Gasteiger partial charge in [-0.25, -0.2) is 4.39 Å². The summed E-state index contributed by atoms with van der Waals surface area (Å²) in [7, 11) is 0. The van der Waals surface area contributed by atoms with Crippen molar-refractivity contribution in [3.8, 4) is 0 Å². The third-order valence-electron chi connectivity index (χ3n) is 3.63. The number of hydrogen-bond acceptors (Lipinski definition) is 2. The number of benzene rings is 1. The average molecular weight is 286 g/mol. The minimum Gasteiger partial charge on any atom is -0.480 e. The lowest BCUT2D eigenvalue weighted by molar-refractivity contribution is -0.145. The summed E-state index contributed by atoms with van der Waals surface area (Å²) < 4.78 is 13.4. The molecular formula is C14H17ClFNO2. The molecule has 1 aromatic carbocycles. The molecule has 19 heavy (non-hydrogen) atoms. The highest BCUT2D eigenvalue weighted by atomic mass is 35.5. The van der Waals surface area contributed by atoms with E-state index in [4.69, 9.17) is 11.6 Å². The van der Waals surface area contributed by atoms with Gasteiger partial charge in [-0.1, -0.05) is 24.6 Å². The molecule has 0 aromatic heterocycles. The van der Waals surface area contributed by atoms with Gasteiger partial charge in [0.1, 0.15) is 11.9 Å². The summed E-state index contributed by atoms with van der Waals surface area (Å²) in [5.74, 6) is -0.850. The minimum absolute atomic E-state index is 0.0887. The van der Waals surface area contributed by atoms with Crippen LogP contribution in [0.15, 0.2) is 18.2 Å². The molecule has 1 heterocycles. The Morgan fingerprint density at radius 2 is 2.32 bits per heavy atom. The molecule has 1 saturated heterocycles. The molecule has 0 aliphatic carbocycles. The Kier molecular flexibility index (Phi) is 4.42. The predicted octanol–water partition coefficient (Wildman–Crippen LogP) is 3.16. The number of carboxylic acid groups (broad SMARTS) is 1. The van der Waals surface area contributed by atoms with E-state index in [9.17, 15) is 14.3 Å². The predicted molar refractivity (Wildman–Crippen MR) is 71.6 cm³/mol. The third kappa shape index (κ3) is 3.45. The Hall–Kier alpha value is -1.13. The molecule has 0 spiro atoms. The van der Waals surface area contributed by atoms with Crippen LogP contribution in [0, 0.1) is 11.7 Å². The molecule has 1 fully saturated rings. The highest BCUT2D eigenvalue weighted by molar-refractivity contribution is 6.30. The van der Waals surface area contributed by atoms with Crippen LogP contribution in [0.5, 0.6) is 0 Å². The number of halogens is 2. The van der Waals surface area contributed by atoms with Crippen molar-refractivity contribution in [1.29, 1.82) is 0 Å². The number of carboxylic acids is 1. The molecule has 0 bridgehead atoms. The van der Waals surface area contributed by atoms with E-state index in [0.717, 1.165) is 18.5 Å². The molecular weight excluding hydrogens is 269 g/mol. The number of rotatable bonds is 3. The molecule has 1 aliphatic heterocycles. The van der Waals surface area contributed by atoms with Crippen LogP contribution < -0.4 is 0 Å². The second kappa shape index (κ2) is 5.88. The Balaban J connectivity index is 2.11. The number of aliphatic carboxylic acids is 1. The molecule has 1 aliphatic rings. The van der Waals surface area contributed by atoms with Crippen LogP contribution >= 0.6 is 11.6 Å². The molecule has 5 heteroatoms. The maximum Gasteiger partial charge on any atom is 0.320 e. The van der Waals surface area contributed by atoms with Crippen molar-refractivity contribution in [3.05, 3.63) is 34.6 Å². The van der Waals surface area contributed by atoms with Crippen LogP contribution in [-0.4, -0.2) is 28.6 Å². The van der Waals surface area contributed by atoms with E-state index in [1.54, 1.807) is 6.07 Å². The van der Waals surface area contributed by atoms with Gasteiger partial charge in [-0.15, -0.1) is 0 Å². The molecule has 0 saturated carbocycles. The average Bonchev–Trinajstić information content (AvgIpc) is 2.36. The lowest BCUT2D eigenvalue weighted by Crippen LogP contribution is -2.46. The summed E-state index contributed by atoms with van der Waals surface area (Å²) in [6, 6.07) is 4.14. The van der Waals surface area contributed by atoms with E-state index in [1.165, 1.54) is 12.1 Å². The molecule has 2 unspecified atom stereocenters. The van der Waals surface area contributed by atoms with E-state index >= 15 is 0 Å². The monoisotopic (exact) mass is 285 g/mol. The summed E-state index contributed by atoms with van der Waals surface area (Å²) in [6.45, 7) is 3.23. The number of piperidine rings is 1. The molecule has 0 radical (unpaired) electrons. The van der Waals surface area contributed by atoms with Gasteiger partial charge in [0.15, 0.2) is 0 Å². The summed E-state index contributed by atoms with van der Waals surface area (Å²) in [5.41, 5.74) is 0.753. The van der Waals surface area contributed by atoms with Crippen molar-refractivity contribution in [2.24, 2.45) is 5.92 Å². The first-order valence-corrected chi connectivity index (χ1v) is 6.76. The number of carbonyl (C=O) groups is 1. The van der Waals surface area contributed by atoms with Crippen molar-refractivity contribution in [3.63, 3.8) is 0 Å². The lowest BCUT2D eigenvalue weighted by atomic mass is 9.92. The number of nitrogens with zero attached hydrogens (tertiary/aromatic N) is 1. The van der Waals surface area contributed by atoms with Gasteiger partial charge in [0, 0.05) is 6.54 Å². The van der Waals surface area contributed by atoms with Crippen molar-refractivity contribution >= 4 is 17.6 Å². The van der Waals surface area contributed by atoms with Crippen molar-refractivity contribution < 1.29 is 14.3 Å². The summed E-state index contributed by atoms with van der Waals surface area (Å²) in [4.78, 5) is 13.2. The zero-order chi connectivity index (χ0) is 14.0. The smallest absolute Gasteiger partial charge is 0.320 e. The van der Waals surface area contributed by atoms with E-state index in [1.807, 2.05) is 4.90 Å². The van der Waals surface area contributed by atoms with Crippen LogP contribution in [0.25, 0.3) is 0 Å². The van der Waals surface area contributed by atoms with E-state index in [0.29, 0.717) is 18.9 Å². The molecule has 1 aromatic rings. The van der Waals surface area contributed by atoms with Gasteiger partial charge in [-0.2, -0.15) is 0 Å². The van der Waals surface area contributed by atoms with Gasteiger partial charge in [0.25, 0.3) is 0 Å². The fraction of sp³-hybridized carbons (Fsp3) is 0.500.